The van der Waals surface area contributed by atoms with Gasteiger partial charge in [-0.3, -0.25) is 4.79 Å². The predicted molar refractivity (Wildman–Crippen MR) is 104 cm³/mol. The van der Waals surface area contributed by atoms with Gasteiger partial charge in [0.25, 0.3) is 0 Å². The van der Waals surface area contributed by atoms with E-state index < -0.39 is 0 Å². The van der Waals surface area contributed by atoms with E-state index in [0.29, 0.717) is 6.42 Å². The van der Waals surface area contributed by atoms with Gasteiger partial charge in [0.2, 0.25) is 0 Å². The van der Waals surface area contributed by atoms with Crippen molar-refractivity contribution >= 4 is 12.1 Å². The predicted octanol–water partition coefficient (Wildman–Crippen LogP) is 6.59. The Morgan fingerprint density at radius 3 is 2.17 bits per heavy atom. The molecule has 24 heavy (non-hydrogen) atoms. The molecule has 0 bridgehead atoms. The molecule has 0 fully saturated rings. The summed E-state index contributed by atoms with van der Waals surface area (Å²) < 4.78 is 0. The van der Waals surface area contributed by atoms with E-state index >= 15 is 0 Å². The molecular weight excluding hydrogens is 296 g/mol. The molecule has 0 aromatic carbocycles. The van der Waals surface area contributed by atoms with Gasteiger partial charge >= 0.3 is 0 Å². The standard InChI is InChI=1S/C22H38O2/c1-3-5-6-7-8-9-12-15-19-22(24)21(17-4-2)18-14-11-10-13-16-20-23/h4,15,17,19-21H,3,5-14,16,18H2,1-2H3. The van der Waals surface area contributed by atoms with Crippen LogP contribution in [0.3, 0.4) is 0 Å². The Morgan fingerprint density at radius 1 is 0.875 bits per heavy atom. The maximum atomic E-state index is 12.3. The van der Waals surface area contributed by atoms with Gasteiger partial charge in [-0.1, -0.05) is 76.5 Å². The highest BCUT2D eigenvalue weighted by atomic mass is 16.1. The first-order valence-corrected chi connectivity index (χ1v) is 10.0. The van der Waals surface area contributed by atoms with E-state index in [1.54, 1.807) is 6.08 Å². The molecule has 0 heterocycles. The minimum absolute atomic E-state index is 0.0295. The third-order valence-electron chi connectivity index (χ3n) is 4.38. The number of hydrogen-bond donors (Lipinski definition) is 0. The summed E-state index contributed by atoms with van der Waals surface area (Å²) in [6, 6.07) is 0. The average molecular weight is 335 g/mol. The van der Waals surface area contributed by atoms with Gasteiger partial charge in [0.05, 0.1) is 0 Å². The van der Waals surface area contributed by atoms with E-state index in [0.717, 1.165) is 44.8 Å². The quantitative estimate of drug-likeness (QED) is 0.130. The van der Waals surface area contributed by atoms with Crippen molar-refractivity contribution in [1.29, 1.82) is 0 Å². The number of unbranched alkanes of at least 4 members (excludes halogenated alkanes) is 10. The van der Waals surface area contributed by atoms with Gasteiger partial charge in [0.1, 0.15) is 6.29 Å². The Balaban J connectivity index is 3.89. The molecule has 0 saturated carbocycles. The first kappa shape index (κ1) is 22.8. The molecule has 0 saturated heterocycles. The van der Waals surface area contributed by atoms with E-state index in [9.17, 15) is 9.59 Å². The molecule has 1 atom stereocenters. The zero-order chi connectivity index (χ0) is 17.9. The van der Waals surface area contributed by atoms with Crippen molar-refractivity contribution in [3.8, 4) is 0 Å². The van der Waals surface area contributed by atoms with Crippen molar-refractivity contribution < 1.29 is 9.59 Å². The van der Waals surface area contributed by atoms with Gasteiger partial charge in [-0.2, -0.15) is 0 Å². The monoisotopic (exact) mass is 334 g/mol. The van der Waals surface area contributed by atoms with E-state index in [4.69, 9.17) is 0 Å². The molecule has 0 amide bonds. The number of carbonyl (C=O) groups excluding carboxylic acids is 2. The van der Waals surface area contributed by atoms with Crippen molar-refractivity contribution in [3.05, 3.63) is 24.3 Å². The second kappa shape index (κ2) is 18.2. The SMILES string of the molecule is CC=CC(CCCCCCC=O)C(=O)C=CCCCCCCCC. The number of carbonyl (C=O) groups is 2. The fourth-order valence-corrected chi connectivity index (χ4v) is 2.88. The summed E-state index contributed by atoms with van der Waals surface area (Å²) in [6.45, 7) is 4.21. The highest BCUT2D eigenvalue weighted by Gasteiger charge is 2.11. The van der Waals surface area contributed by atoms with Gasteiger partial charge in [0, 0.05) is 12.3 Å². The van der Waals surface area contributed by atoms with Crippen LogP contribution in [-0.4, -0.2) is 12.1 Å². The number of allylic oxidation sites excluding steroid dienone is 4. The third-order valence-corrected chi connectivity index (χ3v) is 4.38. The second-order valence-corrected chi connectivity index (χ2v) is 6.65. The van der Waals surface area contributed by atoms with Crippen molar-refractivity contribution in [2.45, 2.75) is 97.3 Å². The maximum absolute atomic E-state index is 12.3. The van der Waals surface area contributed by atoms with Crippen molar-refractivity contribution in [1.82, 2.24) is 0 Å². The molecule has 0 aliphatic heterocycles. The van der Waals surface area contributed by atoms with Crippen molar-refractivity contribution in [3.63, 3.8) is 0 Å². The van der Waals surface area contributed by atoms with Crippen LogP contribution in [0.1, 0.15) is 97.3 Å². The van der Waals surface area contributed by atoms with E-state index in [1.807, 2.05) is 19.1 Å². The highest BCUT2D eigenvalue weighted by molar-refractivity contribution is 5.92. The number of aldehydes is 1. The summed E-state index contributed by atoms with van der Waals surface area (Å²) >= 11 is 0. The minimum atomic E-state index is 0.0295. The molecule has 1 unspecified atom stereocenters. The molecule has 0 N–H and O–H groups in total. The largest absolute Gasteiger partial charge is 0.303 e. The summed E-state index contributed by atoms with van der Waals surface area (Å²) in [5.41, 5.74) is 0. The average Bonchev–Trinajstić information content (AvgIpc) is 2.59. The Kier molecular flexibility index (Phi) is 17.3. The molecule has 0 rings (SSSR count). The van der Waals surface area contributed by atoms with E-state index in [1.165, 1.54) is 38.5 Å². The van der Waals surface area contributed by atoms with Crippen LogP contribution in [0.5, 0.6) is 0 Å². The lowest BCUT2D eigenvalue weighted by Gasteiger charge is -2.09. The lowest BCUT2D eigenvalue weighted by Crippen LogP contribution is -2.09. The molecule has 2 heteroatoms. The zero-order valence-electron chi connectivity index (χ0n) is 16.0. The van der Waals surface area contributed by atoms with Gasteiger partial charge in [-0.05, 0) is 38.7 Å². The van der Waals surface area contributed by atoms with Crippen LogP contribution in [0.4, 0.5) is 0 Å². The number of ketones is 1. The Morgan fingerprint density at radius 2 is 1.50 bits per heavy atom. The Hall–Kier alpha value is -1.18. The summed E-state index contributed by atoms with van der Waals surface area (Å²) in [7, 11) is 0. The van der Waals surface area contributed by atoms with Crippen LogP contribution in [0.15, 0.2) is 24.3 Å². The van der Waals surface area contributed by atoms with Crippen molar-refractivity contribution in [2.75, 3.05) is 0 Å². The van der Waals surface area contributed by atoms with Gasteiger partial charge in [-0.15, -0.1) is 0 Å². The van der Waals surface area contributed by atoms with Gasteiger partial charge in [-0.25, -0.2) is 0 Å². The summed E-state index contributed by atoms with van der Waals surface area (Å²) in [5, 5.41) is 0. The zero-order valence-corrected chi connectivity index (χ0v) is 16.0. The summed E-state index contributed by atoms with van der Waals surface area (Å²) in [4.78, 5) is 22.6. The lowest BCUT2D eigenvalue weighted by atomic mass is 9.95. The topological polar surface area (TPSA) is 34.1 Å². The first-order chi connectivity index (χ1) is 11.8. The molecule has 0 spiro atoms. The fraction of sp³-hybridized carbons (Fsp3) is 0.727. The van der Waals surface area contributed by atoms with Crippen LogP contribution in [-0.2, 0) is 9.59 Å². The summed E-state index contributed by atoms with van der Waals surface area (Å²) in [5.74, 6) is 0.272. The van der Waals surface area contributed by atoms with Crippen LogP contribution < -0.4 is 0 Å². The molecular formula is C22H38O2. The third kappa shape index (κ3) is 14.4. The van der Waals surface area contributed by atoms with E-state index in [-0.39, 0.29) is 11.7 Å². The van der Waals surface area contributed by atoms with Crippen LogP contribution >= 0.6 is 0 Å². The fourth-order valence-electron chi connectivity index (χ4n) is 2.88. The highest BCUT2D eigenvalue weighted by Crippen LogP contribution is 2.15. The first-order valence-electron chi connectivity index (χ1n) is 10.0. The van der Waals surface area contributed by atoms with Crippen LogP contribution in [0.25, 0.3) is 0 Å². The molecule has 2 nitrogen and oxygen atoms in total. The van der Waals surface area contributed by atoms with Gasteiger partial charge < -0.3 is 4.79 Å². The molecule has 0 aromatic heterocycles. The summed E-state index contributed by atoms with van der Waals surface area (Å²) in [6.07, 6.45) is 23.5. The van der Waals surface area contributed by atoms with Gasteiger partial charge in [0.15, 0.2) is 5.78 Å². The molecule has 0 radical (unpaired) electrons. The smallest absolute Gasteiger partial charge is 0.162 e. The number of rotatable bonds is 17. The maximum Gasteiger partial charge on any atom is 0.162 e. The Labute approximate surface area is 149 Å². The van der Waals surface area contributed by atoms with Crippen LogP contribution in [0.2, 0.25) is 0 Å². The van der Waals surface area contributed by atoms with Crippen molar-refractivity contribution in [2.24, 2.45) is 5.92 Å². The van der Waals surface area contributed by atoms with Crippen LogP contribution in [0, 0.1) is 5.92 Å². The lowest BCUT2D eigenvalue weighted by molar-refractivity contribution is -0.117. The normalized spacial score (nSPS) is 12.9. The molecule has 0 aliphatic rings. The second-order valence-electron chi connectivity index (χ2n) is 6.65. The molecule has 0 aromatic rings. The Bertz CT molecular complexity index is 355. The molecule has 138 valence electrons. The number of hydrogen-bond acceptors (Lipinski definition) is 2. The molecule has 0 aliphatic carbocycles. The van der Waals surface area contributed by atoms with E-state index in [2.05, 4.69) is 13.0 Å². The minimum Gasteiger partial charge on any atom is -0.303 e.